The molecule has 3 aromatic rings. The SMILES string of the molecule is Cc1nc2ccccc2n1C[C@@H](C)C(=O)NCCSc1nccn1C. The number of nitrogens with zero attached hydrogens (tertiary/aromatic N) is 4. The van der Waals surface area contributed by atoms with Crippen molar-refractivity contribution in [2.24, 2.45) is 13.0 Å². The molecule has 1 atom stereocenters. The number of aromatic nitrogens is 4. The van der Waals surface area contributed by atoms with E-state index in [1.807, 2.05) is 55.9 Å². The van der Waals surface area contributed by atoms with E-state index in [1.54, 1.807) is 18.0 Å². The van der Waals surface area contributed by atoms with Gasteiger partial charge in [-0.1, -0.05) is 30.8 Å². The summed E-state index contributed by atoms with van der Waals surface area (Å²) in [6.07, 6.45) is 3.70. The Kier molecular flexibility index (Phi) is 5.43. The van der Waals surface area contributed by atoms with Crippen LogP contribution in [0.5, 0.6) is 0 Å². The fraction of sp³-hybridized carbons (Fsp3) is 0.389. The largest absolute Gasteiger partial charge is 0.355 e. The fourth-order valence-corrected chi connectivity index (χ4v) is 3.55. The third kappa shape index (κ3) is 4.04. The van der Waals surface area contributed by atoms with Crippen LogP contribution in [-0.4, -0.2) is 37.3 Å². The zero-order chi connectivity index (χ0) is 17.8. The third-order valence-electron chi connectivity index (χ3n) is 4.16. The average molecular weight is 357 g/mol. The molecule has 0 bridgehead atoms. The van der Waals surface area contributed by atoms with Crippen molar-refractivity contribution in [1.82, 2.24) is 24.4 Å². The van der Waals surface area contributed by atoms with Crippen LogP contribution in [0.4, 0.5) is 0 Å². The lowest BCUT2D eigenvalue weighted by Crippen LogP contribution is -2.33. The highest BCUT2D eigenvalue weighted by atomic mass is 32.2. The summed E-state index contributed by atoms with van der Waals surface area (Å²) in [5.41, 5.74) is 2.05. The molecule has 0 spiro atoms. The molecule has 1 amide bonds. The Hall–Kier alpha value is -2.28. The van der Waals surface area contributed by atoms with Gasteiger partial charge in [0.15, 0.2) is 5.16 Å². The van der Waals surface area contributed by atoms with Crippen LogP contribution in [-0.2, 0) is 18.4 Å². The summed E-state index contributed by atoms with van der Waals surface area (Å²) in [5.74, 6) is 1.69. The second kappa shape index (κ2) is 7.74. The van der Waals surface area contributed by atoms with Crippen molar-refractivity contribution < 1.29 is 4.79 Å². The van der Waals surface area contributed by atoms with Gasteiger partial charge in [0.05, 0.1) is 17.0 Å². The summed E-state index contributed by atoms with van der Waals surface area (Å²) in [6.45, 7) is 5.19. The van der Waals surface area contributed by atoms with Gasteiger partial charge in [0.1, 0.15) is 5.82 Å². The van der Waals surface area contributed by atoms with E-state index in [2.05, 4.69) is 19.9 Å². The van der Waals surface area contributed by atoms with Gasteiger partial charge in [-0.2, -0.15) is 0 Å². The smallest absolute Gasteiger partial charge is 0.224 e. The zero-order valence-electron chi connectivity index (χ0n) is 14.8. The topological polar surface area (TPSA) is 64.7 Å². The van der Waals surface area contributed by atoms with Crippen molar-refractivity contribution in [1.29, 1.82) is 0 Å². The molecule has 0 aliphatic rings. The van der Waals surface area contributed by atoms with Gasteiger partial charge in [0.2, 0.25) is 5.91 Å². The van der Waals surface area contributed by atoms with Gasteiger partial charge in [-0.25, -0.2) is 9.97 Å². The van der Waals surface area contributed by atoms with Crippen LogP contribution in [0, 0.1) is 12.8 Å². The monoisotopic (exact) mass is 357 g/mol. The molecule has 0 saturated heterocycles. The first-order chi connectivity index (χ1) is 12.1. The van der Waals surface area contributed by atoms with Gasteiger partial charge in [-0.3, -0.25) is 4.79 Å². The van der Waals surface area contributed by atoms with Crippen molar-refractivity contribution >= 4 is 28.7 Å². The van der Waals surface area contributed by atoms with Crippen LogP contribution in [0.15, 0.2) is 41.8 Å². The highest BCUT2D eigenvalue weighted by Crippen LogP contribution is 2.17. The van der Waals surface area contributed by atoms with E-state index in [-0.39, 0.29) is 11.8 Å². The first-order valence-electron chi connectivity index (χ1n) is 8.36. The number of thioether (sulfide) groups is 1. The average Bonchev–Trinajstić information content (AvgIpc) is 3.15. The van der Waals surface area contributed by atoms with E-state index in [4.69, 9.17) is 0 Å². The Morgan fingerprint density at radius 1 is 1.36 bits per heavy atom. The second-order valence-corrected chi connectivity index (χ2v) is 7.18. The number of rotatable bonds is 7. The zero-order valence-corrected chi connectivity index (χ0v) is 15.6. The molecule has 1 N–H and O–H groups in total. The van der Waals surface area contributed by atoms with Crippen molar-refractivity contribution in [2.75, 3.05) is 12.3 Å². The number of benzene rings is 1. The second-order valence-electron chi connectivity index (χ2n) is 6.12. The number of para-hydroxylation sites is 2. The van der Waals surface area contributed by atoms with E-state index < -0.39 is 0 Å². The Labute approximate surface area is 151 Å². The number of hydrogen-bond acceptors (Lipinski definition) is 4. The number of fused-ring (bicyclic) bond motifs is 1. The normalized spacial score (nSPS) is 12.4. The van der Waals surface area contributed by atoms with E-state index >= 15 is 0 Å². The Morgan fingerprint density at radius 3 is 2.92 bits per heavy atom. The van der Waals surface area contributed by atoms with Gasteiger partial charge in [0, 0.05) is 38.3 Å². The van der Waals surface area contributed by atoms with Crippen molar-refractivity contribution in [3.63, 3.8) is 0 Å². The summed E-state index contributed by atoms with van der Waals surface area (Å²) in [5, 5.41) is 3.97. The molecule has 3 rings (SSSR count). The van der Waals surface area contributed by atoms with E-state index in [0.29, 0.717) is 13.1 Å². The molecular formula is C18H23N5OS. The summed E-state index contributed by atoms with van der Waals surface area (Å²) in [6, 6.07) is 8.02. The molecule has 0 unspecified atom stereocenters. The lowest BCUT2D eigenvalue weighted by molar-refractivity contribution is -0.124. The van der Waals surface area contributed by atoms with E-state index in [9.17, 15) is 4.79 Å². The number of carbonyl (C=O) groups excluding carboxylic acids is 1. The number of amides is 1. The maximum absolute atomic E-state index is 12.4. The Balaban J connectivity index is 1.52. The molecule has 2 aromatic heterocycles. The summed E-state index contributed by atoms with van der Waals surface area (Å²) in [4.78, 5) is 21.2. The highest BCUT2D eigenvalue weighted by molar-refractivity contribution is 7.99. The van der Waals surface area contributed by atoms with Crippen molar-refractivity contribution in [3.05, 3.63) is 42.5 Å². The molecule has 0 fully saturated rings. The minimum Gasteiger partial charge on any atom is -0.355 e. The predicted octanol–water partition coefficient (Wildman–Crippen LogP) is 2.62. The number of imidazole rings is 2. The maximum Gasteiger partial charge on any atom is 0.224 e. The molecule has 7 heteroatoms. The quantitative estimate of drug-likeness (QED) is 0.521. The molecule has 0 aliphatic carbocycles. The number of nitrogens with one attached hydrogen (secondary N) is 1. The molecule has 25 heavy (non-hydrogen) atoms. The molecule has 2 heterocycles. The van der Waals surface area contributed by atoms with E-state index in [1.165, 1.54) is 0 Å². The summed E-state index contributed by atoms with van der Waals surface area (Å²) < 4.78 is 4.09. The highest BCUT2D eigenvalue weighted by Gasteiger charge is 2.16. The summed E-state index contributed by atoms with van der Waals surface area (Å²) >= 11 is 1.64. The van der Waals surface area contributed by atoms with Gasteiger partial charge in [-0.05, 0) is 19.1 Å². The first kappa shape index (κ1) is 17.5. The van der Waals surface area contributed by atoms with Crippen LogP contribution in [0.2, 0.25) is 0 Å². The van der Waals surface area contributed by atoms with Crippen LogP contribution in [0.1, 0.15) is 12.7 Å². The van der Waals surface area contributed by atoms with Gasteiger partial charge >= 0.3 is 0 Å². The first-order valence-corrected chi connectivity index (χ1v) is 9.34. The number of carbonyl (C=O) groups is 1. The standard InChI is InChI=1S/C18H23N5OS/c1-13(12-23-14(2)21-15-6-4-5-7-16(15)23)17(24)19-9-11-25-18-20-8-10-22(18)3/h4-8,10,13H,9,11-12H2,1-3H3,(H,19,24)/t13-/m1/s1. The molecule has 1 aromatic carbocycles. The molecule has 0 aliphatic heterocycles. The summed E-state index contributed by atoms with van der Waals surface area (Å²) in [7, 11) is 1.97. The minimum absolute atomic E-state index is 0.0672. The lowest BCUT2D eigenvalue weighted by Gasteiger charge is -2.14. The van der Waals surface area contributed by atoms with Crippen LogP contribution < -0.4 is 5.32 Å². The van der Waals surface area contributed by atoms with Crippen LogP contribution >= 0.6 is 11.8 Å². The number of aryl methyl sites for hydroxylation is 2. The van der Waals surface area contributed by atoms with Crippen LogP contribution in [0.3, 0.4) is 0 Å². The van der Waals surface area contributed by atoms with E-state index in [0.717, 1.165) is 27.8 Å². The van der Waals surface area contributed by atoms with Gasteiger partial charge in [-0.15, -0.1) is 0 Å². The fourth-order valence-electron chi connectivity index (χ4n) is 2.76. The number of hydrogen-bond donors (Lipinski definition) is 1. The van der Waals surface area contributed by atoms with Crippen LogP contribution in [0.25, 0.3) is 11.0 Å². The minimum atomic E-state index is -0.116. The molecule has 132 valence electrons. The lowest BCUT2D eigenvalue weighted by atomic mass is 10.1. The van der Waals surface area contributed by atoms with Gasteiger partial charge in [0.25, 0.3) is 0 Å². The molecule has 0 radical (unpaired) electrons. The predicted molar refractivity (Wildman–Crippen MR) is 101 cm³/mol. The molecular weight excluding hydrogens is 334 g/mol. The Bertz CT molecular complexity index is 869. The maximum atomic E-state index is 12.4. The third-order valence-corrected chi connectivity index (χ3v) is 5.22. The van der Waals surface area contributed by atoms with Gasteiger partial charge < -0.3 is 14.5 Å². The van der Waals surface area contributed by atoms with Crippen molar-refractivity contribution in [2.45, 2.75) is 25.5 Å². The Morgan fingerprint density at radius 2 is 2.16 bits per heavy atom. The molecule has 6 nitrogen and oxygen atoms in total. The van der Waals surface area contributed by atoms with Crippen molar-refractivity contribution in [3.8, 4) is 0 Å². The molecule has 0 saturated carbocycles.